The number of rotatable bonds is 10. The van der Waals surface area contributed by atoms with Crippen molar-refractivity contribution in [1.29, 1.82) is 0 Å². The van der Waals surface area contributed by atoms with E-state index in [9.17, 15) is 0 Å². The van der Waals surface area contributed by atoms with Crippen LogP contribution in [0.2, 0.25) is 0 Å². The van der Waals surface area contributed by atoms with Crippen molar-refractivity contribution in [3.63, 3.8) is 0 Å². The maximum atomic E-state index is 5.70. The molecule has 2 nitrogen and oxygen atoms in total. The standard InChI is InChI=1S/C15H33NO/c1-6-14(7-2)13-17-12-10-8-9-11-16-15(3,4)5/h14,16H,6-13H2,1-5H3. The van der Waals surface area contributed by atoms with Gasteiger partial charge in [0, 0.05) is 18.8 Å². The van der Waals surface area contributed by atoms with E-state index in [4.69, 9.17) is 4.74 Å². The van der Waals surface area contributed by atoms with Gasteiger partial charge in [-0.2, -0.15) is 0 Å². The number of hydrogen-bond donors (Lipinski definition) is 1. The summed E-state index contributed by atoms with van der Waals surface area (Å²) in [5.74, 6) is 0.762. The van der Waals surface area contributed by atoms with Crippen LogP contribution in [0.25, 0.3) is 0 Å². The minimum Gasteiger partial charge on any atom is -0.381 e. The molecule has 0 bridgehead atoms. The molecule has 104 valence electrons. The zero-order valence-corrected chi connectivity index (χ0v) is 12.6. The topological polar surface area (TPSA) is 21.3 Å². The third kappa shape index (κ3) is 12.2. The van der Waals surface area contributed by atoms with E-state index in [1.807, 2.05) is 0 Å². The number of unbranched alkanes of at least 4 members (excludes halogenated alkanes) is 2. The van der Waals surface area contributed by atoms with Crippen LogP contribution in [0, 0.1) is 5.92 Å². The van der Waals surface area contributed by atoms with Gasteiger partial charge in [-0.25, -0.2) is 0 Å². The summed E-state index contributed by atoms with van der Waals surface area (Å²) in [5, 5.41) is 3.51. The summed E-state index contributed by atoms with van der Waals surface area (Å²) in [4.78, 5) is 0. The fraction of sp³-hybridized carbons (Fsp3) is 1.00. The molecule has 0 aromatic carbocycles. The molecule has 0 unspecified atom stereocenters. The fourth-order valence-electron chi connectivity index (χ4n) is 1.74. The second-order valence-corrected chi connectivity index (χ2v) is 5.99. The van der Waals surface area contributed by atoms with Gasteiger partial charge in [0.2, 0.25) is 0 Å². The third-order valence-electron chi connectivity index (χ3n) is 3.13. The summed E-state index contributed by atoms with van der Waals surface area (Å²) in [6.45, 7) is 14.1. The van der Waals surface area contributed by atoms with Crippen LogP contribution in [-0.2, 0) is 4.74 Å². The van der Waals surface area contributed by atoms with Crippen molar-refractivity contribution >= 4 is 0 Å². The van der Waals surface area contributed by atoms with Crippen molar-refractivity contribution in [3.05, 3.63) is 0 Å². The van der Waals surface area contributed by atoms with Crippen LogP contribution >= 0.6 is 0 Å². The first-order valence-corrected chi connectivity index (χ1v) is 7.32. The largest absolute Gasteiger partial charge is 0.381 e. The van der Waals surface area contributed by atoms with E-state index in [1.165, 1.54) is 32.1 Å². The summed E-state index contributed by atoms with van der Waals surface area (Å²) in [7, 11) is 0. The van der Waals surface area contributed by atoms with Crippen molar-refractivity contribution < 1.29 is 4.74 Å². The molecule has 0 saturated heterocycles. The van der Waals surface area contributed by atoms with Gasteiger partial charge in [-0.15, -0.1) is 0 Å². The highest BCUT2D eigenvalue weighted by molar-refractivity contribution is 4.69. The predicted molar refractivity (Wildman–Crippen MR) is 76.5 cm³/mol. The average Bonchev–Trinajstić information content (AvgIpc) is 2.26. The molecule has 1 N–H and O–H groups in total. The van der Waals surface area contributed by atoms with Crippen molar-refractivity contribution in [3.8, 4) is 0 Å². The number of hydrogen-bond acceptors (Lipinski definition) is 2. The van der Waals surface area contributed by atoms with Crippen molar-refractivity contribution in [2.75, 3.05) is 19.8 Å². The molecule has 0 radical (unpaired) electrons. The second-order valence-electron chi connectivity index (χ2n) is 5.99. The lowest BCUT2D eigenvalue weighted by Crippen LogP contribution is -2.36. The van der Waals surface area contributed by atoms with E-state index in [0.717, 1.165) is 25.7 Å². The highest BCUT2D eigenvalue weighted by atomic mass is 16.5. The highest BCUT2D eigenvalue weighted by Crippen LogP contribution is 2.08. The molecule has 0 saturated carbocycles. The molecule has 0 aromatic heterocycles. The van der Waals surface area contributed by atoms with Gasteiger partial charge < -0.3 is 10.1 Å². The summed E-state index contributed by atoms with van der Waals surface area (Å²) in [6, 6.07) is 0. The van der Waals surface area contributed by atoms with Gasteiger partial charge in [-0.05, 0) is 52.5 Å². The molecule has 0 aliphatic rings. The Morgan fingerprint density at radius 1 is 1.00 bits per heavy atom. The average molecular weight is 243 g/mol. The Balaban J connectivity index is 3.19. The molecule has 0 aromatic rings. The molecule has 0 fully saturated rings. The first kappa shape index (κ1) is 16.9. The lowest BCUT2D eigenvalue weighted by atomic mass is 10.1. The Bertz CT molecular complexity index is 159. The van der Waals surface area contributed by atoms with Crippen LogP contribution < -0.4 is 5.32 Å². The third-order valence-corrected chi connectivity index (χ3v) is 3.13. The van der Waals surface area contributed by atoms with E-state index < -0.39 is 0 Å². The Morgan fingerprint density at radius 2 is 1.65 bits per heavy atom. The van der Waals surface area contributed by atoms with Gasteiger partial charge in [0.05, 0.1) is 0 Å². The van der Waals surface area contributed by atoms with Gasteiger partial charge in [0.25, 0.3) is 0 Å². The zero-order valence-electron chi connectivity index (χ0n) is 12.6. The second kappa shape index (κ2) is 9.90. The smallest absolute Gasteiger partial charge is 0.0494 e. The molecule has 0 spiro atoms. The molecule has 0 heterocycles. The fourth-order valence-corrected chi connectivity index (χ4v) is 1.74. The van der Waals surface area contributed by atoms with E-state index >= 15 is 0 Å². The molecule has 0 amide bonds. The van der Waals surface area contributed by atoms with Gasteiger partial charge in [0.15, 0.2) is 0 Å². The van der Waals surface area contributed by atoms with Crippen LogP contribution in [0.1, 0.15) is 66.7 Å². The summed E-state index contributed by atoms with van der Waals surface area (Å²) >= 11 is 0. The Kier molecular flexibility index (Phi) is 9.85. The molecule has 0 rings (SSSR count). The number of ether oxygens (including phenoxy) is 1. The van der Waals surface area contributed by atoms with Crippen LogP contribution in [0.5, 0.6) is 0 Å². The summed E-state index contributed by atoms with van der Waals surface area (Å²) < 4.78 is 5.70. The van der Waals surface area contributed by atoms with Crippen LogP contribution in [0.3, 0.4) is 0 Å². The molecular weight excluding hydrogens is 210 g/mol. The molecule has 2 heteroatoms. The van der Waals surface area contributed by atoms with E-state index in [0.29, 0.717) is 0 Å². The summed E-state index contributed by atoms with van der Waals surface area (Å²) in [5.41, 5.74) is 0.256. The first-order chi connectivity index (χ1) is 7.99. The quantitative estimate of drug-likeness (QED) is 0.586. The minimum atomic E-state index is 0.256. The lowest BCUT2D eigenvalue weighted by Gasteiger charge is -2.20. The predicted octanol–water partition coefficient (Wildman–Crippen LogP) is 4.00. The Morgan fingerprint density at radius 3 is 2.18 bits per heavy atom. The molecule has 17 heavy (non-hydrogen) atoms. The molecule has 0 aliphatic heterocycles. The van der Waals surface area contributed by atoms with Gasteiger partial charge in [-0.3, -0.25) is 0 Å². The monoisotopic (exact) mass is 243 g/mol. The lowest BCUT2D eigenvalue weighted by molar-refractivity contribution is 0.0933. The van der Waals surface area contributed by atoms with E-state index in [2.05, 4.69) is 39.9 Å². The first-order valence-electron chi connectivity index (χ1n) is 7.32. The normalized spacial score (nSPS) is 12.4. The van der Waals surface area contributed by atoms with Crippen LogP contribution in [0.15, 0.2) is 0 Å². The minimum absolute atomic E-state index is 0.256. The van der Waals surface area contributed by atoms with E-state index in [1.54, 1.807) is 0 Å². The van der Waals surface area contributed by atoms with Crippen molar-refractivity contribution in [2.45, 2.75) is 72.3 Å². The zero-order chi connectivity index (χ0) is 13.1. The van der Waals surface area contributed by atoms with Gasteiger partial charge >= 0.3 is 0 Å². The molecule has 0 atom stereocenters. The Labute approximate surface area is 109 Å². The number of nitrogens with one attached hydrogen (secondary N) is 1. The molecular formula is C15H33NO. The Hall–Kier alpha value is -0.0800. The van der Waals surface area contributed by atoms with Crippen molar-refractivity contribution in [2.24, 2.45) is 5.92 Å². The highest BCUT2D eigenvalue weighted by Gasteiger charge is 2.07. The SMILES string of the molecule is CCC(CC)COCCCCCNC(C)(C)C. The van der Waals surface area contributed by atoms with E-state index in [-0.39, 0.29) is 5.54 Å². The maximum Gasteiger partial charge on any atom is 0.0494 e. The van der Waals surface area contributed by atoms with Crippen LogP contribution in [0.4, 0.5) is 0 Å². The maximum absolute atomic E-state index is 5.70. The van der Waals surface area contributed by atoms with Gasteiger partial charge in [-0.1, -0.05) is 26.7 Å². The molecule has 0 aliphatic carbocycles. The van der Waals surface area contributed by atoms with Crippen LogP contribution in [-0.4, -0.2) is 25.3 Å². The summed E-state index contributed by atoms with van der Waals surface area (Å²) in [6.07, 6.45) is 6.21. The van der Waals surface area contributed by atoms with Gasteiger partial charge in [0.1, 0.15) is 0 Å². The van der Waals surface area contributed by atoms with Crippen molar-refractivity contribution in [1.82, 2.24) is 5.32 Å².